The lowest BCUT2D eigenvalue weighted by Gasteiger charge is -2.19. The van der Waals surface area contributed by atoms with Crippen LogP contribution in [0, 0.1) is 17.6 Å². The Labute approximate surface area is 139 Å². The number of nitrogens with zero attached hydrogens (tertiary/aromatic N) is 1. The number of carboxylic acids is 1. The molecule has 2 N–H and O–H groups in total. The highest BCUT2D eigenvalue weighted by atomic mass is 19.3. The van der Waals surface area contributed by atoms with Crippen LogP contribution in [0.5, 0.6) is 0 Å². The van der Waals surface area contributed by atoms with Gasteiger partial charge in [0.05, 0.1) is 11.6 Å². The Bertz CT molecular complexity index is 698. The summed E-state index contributed by atoms with van der Waals surface area (Å²) in [5.74, 6) is -6.00. The van der Waals surface area contributed by atoms with Gasteiger partial charge in [-0.1, -0.05) is 0 Å². The molecule has 1 fully saturated rings. The van der Waals surface area contributed by atoms with Crippen molar-refractivity contribution in [2.24, 2.45) is 5.92 Å². The van der Waals surface area contributed by atoms with E-state index < -0.39 is 54.2 Å². The third-order valence-corrected chi connectivity index (χ3v) is 3.72. The zero-order chi connectivity index (χ0) is 18.7. The van der Waals surface area contributed by atoms with Crippen LogP contribution in [0.2, 0.25) is 0 Å². The molecule has 0 aromatic heterocycles. The number of nitrogens with one attached hydrogen (secondary N) is 1. The Hall–Kier alpha value is -2.65. The molecule has 136 valence electrons. The number of hydrogen-bond acceptors (Lipinski definition) is 3. The predicted octanol–water partition coefficient (Wildman–Crippen LogP) is 1.54. The van der Waals surface area contributed by atoms with E-state index in [4.69, 9.17) is 5.11 Å². The molecule has 0 saturated carbocycles. The molecule has 1 aromatic rings. The summed E-state index contributed by atoms with van der Waals surface area (Å²) in [4.78, 5) is 35.9. The third-order valence-electron chi connectivity index (χ3n) is 3.72. The van der Waals surface area contributed by atoms with Crippen LogP contribution in [0.15, 0.2) is 18.2 Å². The minimum Gasteiger partial charge on any atom is -0.480 e. The SMILES string of the molecule is O=C(NC(CC(F)F)C(=O)O)C1CC(=O)N(c2ccc(F)cc2F)C1. The summed E-state index contributed by atoms with van der Waals surface area (Å²) in [6.45, 7) is -0.270. The Morgan fingerprint density at radius 2 is 2.00 bits per heavy atom. The second kappa shape index (κ2) is 7.49. The fraction of sp³-hybridized carbons (Fsp3) is 0.400. The Kier molecular flexibility index (Phi) is 5.60. The molecule has 0 radical (unpaired) electrons. The molecular weight excluding hydrogens is 348 g/mol. The van der Waals surface area contributed by atoms with Crippen molar-refractivity contribution in [3.05, 3.63) is 29.8 Å². The molecule has 1 aromatic carbocycles. The number of halogens is 4. The predicted molar refractivity (Wildman–Crippen MR) is 77.0 cm³/mol. The summed E-state index contributed by atoms with van der Waals surface area (Å²) in [7, 11) is 0. The van der Waals surface area contributed by atoms with Crippen LogP contribution < -0.4 is 10.2 Å². The molecule has 6 nitrogen and oxygen atoms in total. The molecule has 1 saturated heterocycles. The standard InChI is InChI=1S/C15H14F4N2O4/c16-8-1-2-11(9(17)4-8)21-6-7(3-13(21)22)14(23)20-10(15(24)25)5-12(18)19/h1-2,4,7,10,12H,3,5-6H2,(H,20,23)(H,24,25). The highest BCUT2D eigenvalue weighted by Gasteiger charge is 2.37. The molecule has 2 amide bonds. The number of carbonyl (C=O) groups is 3. The first-order chi connectivity index (χ1) is 11.7. The Balaban J connectivity index is 2.08. The van der Waals surface area contributed by atoms with E-state index in [1.165, 1.54) is 0 Å². The number of rotatable bonds is 6. The summed E-state index contributed by atoms with van der Waals surface area (Å²) in [6.07, 6.45) is -4.35. The Morgan fingerprint density at radius 3 is 2.56 bits per heavy atom. The second-order valence-corrected chi connectivity index (χ2v) is 5.53. The zero-order valence-corrected chi connectivity index (χ0v) is 12.7. The number of carboxylic acid groups (broad SMARTS) is 1. The zero-order valence-electron chi connectivity index (χ0n) is 12.7. The molecule has 1 aliphatic rings. The molecule has 2 atom stereocenters. The summed E-state index contributed by atoms with van der Waals surface area (Å²) < 4.78 is 51.4. The molecule has 1 heterocycles. The van der Waals surface area contributed by atoms with E-state index >= 15 is 0 Å². The molecule has 0 aliphatic carbocycles. The monoisotopic (exact) mass is 362 g/mol. The number of hydrogen-bond donors (Lipinski definition) is 2. The van der Waals surface area contributed by atoms with Gasteiger partial charge in [0.15, 0.2) is 0 Å². The quantitative estimate of drug-likeness (QED) is 0.752. The summed E-state index contributed by atoms with van der Waals surface area (Å²) >= 11 is 0. The number of amides is 2. The fourth-order valence-corrected chi connectivity index (χ4v) is 2.51. The van der Waals surface area contributed by atoms with Crippen LogP contribution in [0.4, 0.5) is 23.2 Å². The lowest BCUT2D eigenvalue weighted by molar-refractivity contribution is -0.143. The van der Waals surface area contributed by atoms with E-state index in [1.807, 2.05) is 5.32 Å². The van der Waals surface area contributed by atoms with Gasteiger partial charge < -0.3 is 15.3 Å². The van der Waals surface area contributed by atoms with Gasteiger partial charge in [-0.15, -0.1) is 0 Å². The maximum absolute atomic E-state index is 13.8. The number of benzene rings is 1. The van der Waals surface area contributed by atoms with Gasteiger partial charge in [0.2, 0.25) is 18.2 Å². The third kappa shape index (κ3) is 4.46. The minimum absolute atomic E-state index is 0.218. The molecular formula is C15H14F4N2O4. The lowest BCUT2D eigenvalue weighted by atomic mass is 10.1. The van der Waals surface area contributed by atoms with Gasteiger partial charge in [-0.05, 0) is 12.1 Å². The fourth-order valence-electron chi connectivity index (χ4n) is 2.51. The lowest BCUT2D eigenvalue weighted by Crippen LogP contribution is -2.45. The maximum atomic E-state index is 13.8. The van der Waals surface area contributed by atoms with Crippen LogP contribution in [0.25, 0.3) is 0 Å². The van der Waals surface area contributed by atoms with E-state index in [-0.39, 0.29) is 18.7 Å². The normalized spacial score (nSPS) is 18.5. The highest BCUT2D eigenvalue weighted by Crippen LogP contribution is 2.28. The summed E-state index contributed by atoms with van der Waals surface area (Å²) in [5, 5.41) is 10.8. The average Bonchev–Trinajstić information content (AvgIpc) is 2.88. The molecule has 2 unspecified atom stereocenters. The molecule has 10 heteroatoms. The van der Waals surface area contributed by atoms with Crippen molar-refractivity contribution in [2.45, 2.75) is 25.3 Å². The van der Waals surface area contributed by atoms with Gasteiger partial charge in [-0.3, -0.25) is 9.59 Å². The summed E-state index contributed by atoms with van der Waals surface area (Å²) in [5.41, 5.74) is -0.218. The number of anilines is 1. The van der Waals surface area contributed by atoms with Crippen molar-refractivity contribution < 1.29 is 37.1 Å². The average molecular weight is 362 g/mol. The van der Waals surface area contributed by atoms with E-state index in [1.54, 1.807) is 0 Å². The second-order valence-electron chi connectivity index (χ2n) is 5.53. The van der Waals surface area contributed by atoms with Crippen LogP contribution in [-0.2, 0) is 14.4 Å². The first-order valence-corrected chi connectivity index (χ1v) is 7.25. The number of carbonyl (C=O) groups excluding carboxylic acids is 2. The van der Waals surface area contributed by atoms with Crippen molar-refractivity contribution in [1.82, 2.24) is 5.32 Å². The van der Waals surface area contributed by atoms with E-state index in [0.29, 0.717) is 6.07 Å². The number of aliphatic carboxylic acids is 1. The van der Waals surface area contributed by atoms with Crippen LogP contribution in [0.1, 0.15) is 12.8 Å². The van der Waals surface area contributed by atoms with Gasteiger partial charge in [0.1, 0.15) is 17.7 Å². The van der Waals surface area contributed by atoms with Crippen molar-refractivity contribution in [1.29, 1.82) is 0 Å². The first kappa shape index (κ1) is 18.7. The number of alkyl halides is 2. The first-order valence-electron chi connectivity index (χ1n) is 7.25. The molecule has 0 bridgehead atoms. The van der Waals surface area contributed by atoms with E-state index in [0.717, 1.165) is 17.0 Å². The summed E-state index contributed by atoms with van der Waals surface area (Å²) in [6, 6.07) is 0.778. The van der Waals surface area contributed by atoms with Crippen molar-refractivity contribution >= 4 is 23.5 Å². The molecule has 25 heavy (non-hydrogen) atoms. The largest absolute Gasteiger partial charge is 0.480 e. The minimum atomic E-state index is -2.93. The smallest absolute Gasteiger partial charge is 0.326 e. The van der Waals surface area contributed by atoms with Gasteiger partial charge in [0.25, 0.3) is 0 Å². The molecule has 1 aliphatic heterocycles. The van der Waals surface area contributed by atoms with Crippen molar-refractivity contribution in [2.75, 3.05) is 11.4 Å². The van der Waals surface area contributed by atoms with E-state index in [9.17, 15) is 31.9 Å². The topological polar surface area (TPSA) is 86.7 Å². The van der Waals surface area contributed by atoms with Gasteiger partial charge in [-0.25, -0.2) is 22.4 Å². The van der Waals surface area contributed by atoms with Crippen LogP contribution in [0.3, 0.4) is 0 Å². The van der Waals surface area contributed by atoms with Crippen LogP contribution in [-0.4, -0.2) is 41.9 Å². The van der Waals surface area contributed by atoms with E-state index in [2.05, 4.69) is 0 Å². The molecule has 2 rings (SSSR count). The van der Waals surface area contributed by atoms with Crippen molar-refractivity contribution in [3.8, 4) is 0 Å². The van der Waals surface area contributed by atoms with Gasteiger partial charge >= 0.3 is 5.97 Å². The maximum Gasteiger partial charge on any atom is 0.326 e. The van der Waals surface area contributed by atoms with Gasteiger partial charge in [-0.2, -0.15) is 0 Å². The Morgan fingerprint density at radius 1 is 1.32 bits per heavy atom. The van der Waals surface area contributed by atoms with Crippen molar-refractivity contribution in [3.63, 3.8) is 0 Å². The van der Waals surface area contributed by atoms with Gasteiger partial charge in [0, 0.05) is 25.5 Å². The highest BCUT2D eigenvalue weighted by molar-refractivity contribution is 6.00. The van der Waals surface area contributed by atoms with Crippen LogP contribution >= 0.6 is 0 Å². The molecule has 0 spiro atoms.